The summed E-state index contributed by atoms with van der Waals surface area (Å²) in [5, 5.41) is 0.0949. The van der Waals surface area contributed by atoms with Crippen molar-refractivity contribution in [3.63, 3.8) is 0 Å². The molecular formula is C3H8N2O2S2. The van der Waals surface area contributed by atoms with E-state index >= 15 is 0 Å². The molecule has 0 heterocycles. The molecule has 0 aromatic carbocycles. The Morgan fingerprint density at radius 3 is 2.22 bits per heavy atom. The van der Waals surface area contributed by atoms with Crippen LogP contribution in [0.2, 0.25) is 0 Å². The van der Waals surface area contributed by atoms with Gasteiger partial charge >= 0.3 is 0 Å². The maximum Gasteiger partial charge on any atom is 0.231 e. The highest BCUT2D eigenvalue weighted by Crippen LogP contribution is 1.80. The van der Waals surface area contributed by atoms with Crippen molar-refractivity contribution in [1.29, 1.82) is 0 Å². The molecule has 0 amide bonds. The smallest absolute Gasteiger partial charge is 0.231 e. The zero-order valence-corrected chi connectivity index (χ0v) is 6.83. The molecule has 0 spiro atoms. The predicted molar refractivity (Wildman–Crippen MR) is 40.3 cm³/mol. The summed E-state index contributed by atoms with van der Waals surface area (Å²) in [6.07, 6.45) is 1.04. The Labute approximate surface area is 59.8 Å². The minimum atomic E-state index is -3.19. The molecule has 1 N–H and O–H groups in total. The summed E-state index contributed by atoms with van der Waals surface area (Å²) in [6, 6.07) is 0. The number of amidine groups is 1. The van der Waals surface area contributed by atoms with Gasteiger partial charge in [-0.25, -0.2) is 8.42 Å². The van der Waals surface area contributed by atoms with Gasteiger partial charge < -0.3 is 0 Å². The quantitative estimate of drug-likeness (QED) is 0.313. The molecule has 0 aromatic heterocycles. The van der Waals surface area contributed by atoms with Gasteiger partial charge in [-0.2, -0.15) is 0 Å². The number of hydrogen-bond donors (Lipinski definition) is 2. The Morgan fingerprint density at radius 1 is 1.67 bits per heavy atom. The maximum absolute atomic E-state index is 10.4. The highest BCUT2D eigenvalue weighted by atomic mass is 32.2. The lowest BCUT2D eigenvalue weighted by molar-refractivity contribution is 0.599. The monoisotopic (exact) mass is 168 g/mol. The molecule has 0 saturated carbocycles. The van der Waals surface area contributed by atoms with Gasteiger partial charge in [0.15, 0.2) is 5.17 Å². The molecule has 0 atom stereocenters. The molecule has 0 radical (unpaired) electrons. The summed E-state index contributed by atoms with van der Waals surface area (Å²) < 4.78 is 22.8. The van der Waals surface area contributed by atoms with Crippen LogP contribution in [0.25, 0.3) is 0 Å². The Kier molecular flexibility index (Phi) is 2.99. The number of aliphatic imine (C=N–C) groups is 1. The molecule has 54 valence electrons. The van der Waals surface area contributed by atoms with Gasteiger partial charge in [0.25, 0.3) is 0 Å². The molecule has 0 aliphatic carbocycles. The zero-order valence-electron chi connectivity index (χ0n) is 5.12. The van der Waals surface area contributed by atoms with E-state index in [4.69, 9.17) is 0 Å². The molecule has 0 aromatic rings. The predicted octanol–water partition coefficient (Wildman–Crippen LogP) is -0.549. The van der Waals surface area contributed by atoms with Gasteiger partial charge in [0.2, 0.25) is 10.0 Å². The third kappa shape index (κ3) is 5.64. The minimum Gasteiger partial charge on any atom is -0.266 e. The largest absolute Gasteiger partial charge is 0.266 e. The lowest BCUT2D eigenvalue weighted by atomic mass is 11.2. The normalized spacial score (nSPS) is 13.4. The highest BCUT2D eigenvalue weighted by molar-refractivity contribution is 7.99. The lowest BCUT2D eigenvalue weighted by Gasteiger charge is -1.97. The Bertz CT molecular complexity index is 206. The van der Waals surface area contributed by atoms with Crippen LogP contribution < -0.4 is 4.72 Å². The van der Waals surface area contributed by atoms with Gasteiger partial charge in [-0.1, -0.05) is 0 Å². The van der Waals surface area contributed by atoms with Gasteiger partial charge in [0.05, 0.1) is 6.26 Å². The van der Waals surface area contributed by atoms with Crippen LogP contribution in [0.15, 0.2) is 4.99 Å². The number of hydrogen-bond acceptors (Lipinski definition) is 3. The summed E-state index contributed by atoms with van der Waals surface area (Å²) in [7, 11) is -1.75. The van der Waals surface area contributed by atoms with Gasteiger partial charge in [-0.05, 0) is 0 Å². The number of nitrogens with one attached hydrogen (secondary N) is 1. The molecule has 9 heavy (non-hydrogen) atoms. The lowest BCUT2D eigenvalue weighted by Crippen LogP contribution is -2.25. The second-order valence-corrected chi connectivity index (χ2v) is 3.59. The molecule has 0 rings (SSSR count). The van der Waals surface area contributed by atoms with E-state index in [1.54, 1.807) is 0 Å². The molecule has 0 aliphatic rings. The average Bonchev–Trinajstić information content (AvgIpc) is 1.62. The van der Waals surface area contributed by atoms with Crippen molar-refractivity contribution in [3.8, 4) is 0 Å². The van der Waals surface area contributed by atoms with Gasteiger partial charge in [-0.3, -0.25) is 9.71 Å². The molecule has 0 unspecified atom stereocenters. The average molecular weight is 168 g/mol. The van der Waals surface area contributed by atoms with E-state index in [-0.39, 0.29) is 5.17 Å². The van der Waals surface area contributed by atoms with Crippen LogP contribution in [0.4, 0.5) is 0 Å². The fraction of sp³-hybridized carbons (Fsp3) is 0.667. The van der Waals surface area contributed by atoms with Crippen molar-refractivity contribution in [3.05, 3.63) is 0 Å². The van der Waals surface area contributed by atoms with Crippen LogP contribution in [0.1, 0.15) is 0 Å². The van der Waals surface area contributed by atoms with Crippen molar-refractivity contribution in [1.82, 2.24) is 4.72 Å². The van der Waals surface area contributed by atoms with Crippen molar-refractivity contribution >= 4 is 27.8 Å². The van der Waals surface area contributed by atoms with Gasteiger partial charge in [0, 0.05) is 7.05 Å². The van der Waals surface area contributed by atoms with Crippen LogP contribution in [0.5, 0.6) is 0 Å². The third-order valence-electron chi connectivity index (χ3n) is 0.488. The summed E-state index contributed by atoms with van der Waals surface area (Å²) in [4.78, 5) is 3.46. The fourth-order valence-electron chi connectivity index (χ4n) is 0.211. The van der Waals surface area contributed by atoms with Crippen molar-refractivity contribution in [2.75, 3.05) is 13.3 Å². The van der Waals surface area contributed by atoms with Crippen molar-refractivity contribution < 1.29 is 8.42 Å². The standard InChI is InChI=1S/C3H8N2O2S2/c1-4-3(8)5-9(2,6)7/h1-2H3,(H2,4,5,8). The van der Waals surface area contributed by atoms with Crippen LogP contribution >= 0.6 is 12.6 Å². The molecule has 4 nitrogen and oxygen atoms in total. The molecule has 0 aliphatic heterocycles. The van der Waals surface area contributed by atoms with E-state index in [0.717, 1.165) is 6.26 Å². The first kappa shape index (κ1) is 8.77. The van der Waals surface area contributed by atoms with Gasteiger partial charge in [0.1, 0.15) is 0 Å². The zero-order chi connectivity index (χ0) is 7.49. The molecular weight excluding hydrogens is 160 g/mol. The Balaban J connectivity index is 4.07. The summed E-state index contributed by atoms with van der Waals surface area (Å²) in [6.45, 7) is 0. The fourth-order valence-corrected chi connectivity index (χ4v) is 1.13. The van der Waals surface area contributed by atoms with Crippen molar-refractivity contribution in [2.24, 2.45) is 4.99 Å². The van der Waals surface area contributed by atoms with Crippen LogP contribution in [-0.4, -0.2) is 26.9 Å². The number of sulfonamides is 1. The minimum absolute atomic E-state index is 0.0949. The summed E-state index contributed by atoms with van der Waals surface area (Å²) in [5.41, 5.74) is 0. The number of rotatable bonds is 1. The van der Waals surface area contributed by atoms with E-state index in [9.17, 15) is 8.42 Å². The van der Waals surface area contributed by atoms with Crippen LogP contribution in [0, 0.1) is 0 Å². The third-order valence-corrected chi connectivity index (χ3v) is 1.52. The summed E-state index contributed by atoms with van der Waals surface area (Å²) in [5.74, 6) is 0. The first-order valence-electron chi connectivity index (χ1n) is 2.09. The molecule has 0 fully saturated rings. The molecule has 0 bridgehead atoms. The second kappa shape index (κ2) is 3.07. The van der Waals surface area contributed by atoms with Crippen LogP contribution in [0.3, 0.4) is 0 Å². The van der Waals surface area contributed by atoms with E-state index in [1.165, 1.54) is 7.05 Å². The van der Waals surface area contributed by atoms with E-state index in [2.05, 4.69) is 22.3 Å². The van der Waals surface area contributed by atoms with E-state index in [1.807, 2.05) is 0 Å². The molecule has 6 heteroatoms. The highest BCUT2D eigenvalue weighted by Gasteiger charge is 1.99. The first-order valence-corrected chi connectivity index (χ1v) is 4.43. The second-order valence-electron chi connectivity index (χ2n) is 1.42. The summed E-state index contributed by atoms with van der Waals surface area (Å²) >= 11 is 3.68. The topological polar surface area (TPSA) is 58.5 Å². The van der Waals surface area contributed by atoms with E-state index < -0.39 is 10.0 Å². The van der Waals surface area contributed by atoms with Gasteiger partial charge in [-0.15, -0.1) is 12.6 Å². The maximum atomic E-state index is 10.4. The molecule has 0 saturated heterocycles. The SMILES string of the molecule is C/N=C(\S)NS(C)(=O)=O. The first-order chi connectivity index (χ1) is 3.95. The Hall–Kier alpha value is -0.230. The Morgan fingerprint density at radius 2 is 2.11 bits per heavy atom. The van der Waals surface area contributed by atoms with Crippen LogP contribution in [-0.2, 0) is 10.0 Å². The number of nitrogens with zero attached hydrogens (tertiary/aromatic N) is 1. The van der Waals surface area contributed by atoms with Crippen molar-refractivity contribution in [2.45, 2.75) is 0 Å². The van der Waals surface area contributed by atoms with E-state index in [0.29, 0.717) is 0 Å². The number of thiol groups is 1.